The molecule has 2 rings (SSSR count). The molecule has 1 unspecified atom stereocenters. The molecule has 0 spiro atoms. The van der Waals surface area contributed by atoms with E-state index in [1.165, 1.54) is 0 Å². The first-order valence-corrected chi connectivity index (χ1v) is 5.99. The van der Waals surface area contributed by atoms with E-state index in [1.807, 2.05) is 18.2 Å². The van der Waals surface area contributed by atoms with Gasteiger partial charge in [0.1, 0.15) is 0 Å². The van der Waals surface area contributed by atoms with Crippen molar-refractivity contribution in [3.05, 3.63) is 23.8 Å². The summed E-state index contributed by atoms with van der Waals surface area (Å²) >= 11 is 0. The fraction of sp³-hybridized carbons (Fsp3) is 0.462. The Hall–Kier alpha value is -1.75. The van der Waals surface area contributed by atoms with Crippen LogP contribution in [0.1, 0.15) is 12.5 Å². The van der Waals surface area contributed by atoms with Gasteiger partial charge in [-0.2, -0.15) is 0 Å². The van der Waals surface area contributed by atoms with Gasteiger partial charge in [0.25, 0.3) is 0 Å². The lowest BCUT2D eigenvalue weighted by atomic mass is 9.99. The molecule has 1 aromatic carbocycles. The Bertz CT molecular complexity index is 433. The second kappa shape index (κ2) is 5.73. The largest absolute Gasteiger partial charge is 0.466 e. The van der Waals surface area contributed by atoms with E-state index in [1.54, 1.807) is 6.92 Å². The summed E-state index contributed by atoms with van der Waals surface area (Å²) < 4.78 is 15.5. The highest BCUT2D eigenvalue weighted by molar-refractivity contribution is 5.73. The molecule has 1 aromatic rings. The van der Waals surface area contributed by atoms with Gasteiger partial charge in [0.05, 0.1) is 12.5 Å². The molecular formula is C13H17NO4. The minimum absolute atomic E-state index is 0.247. The van der Waals surface area contributed by atoms with E-state index in [0.29, 0.717) is 18.8 Å². The summed E-state index contributed by atoms with van der Waals surface area (Å²) in [6, 6.07) is 5.63. The molecule has 0 amide bonds. The molecule has 2 N–H and O–H groups in total. The summed E-state index contributed by atoms with van der Waals surface area (Å²) in [6.07, 6.45) is 0.548. The maximum Gasteiger partial charge on any atom is 0.310 e. The molecule has 0 radical (unpaired) electrons. The lowest BCUT2D eigenvalue weighted by molar-refractivity contribution is -0.147. The second-order valence-electron chi connectivity index (χ2n) is 4.08. The van der Waals surface area contributed by atoms with Crippen LogP contribution in [-0.4, -0.2) is 25.9 Å². The van der Waals surface area contributed by atoms with Crippen LogP contribution in [0.5, 0.6) is 11.5 Å². The topological polar surface area (TPSA) is 70.8 Å². The Kier molecular flexibility index (Phi) is 4.04. The minimum Gasteiger partial charge on any atom is -0.466 e. The summed E-state index contributed by atoms with van der Waals surface area (Å²) in [7, 11) is 0. The van der Waals surface area contributed by atoms with Crippen LogP contribution in [0.25, 0.3) is 0 Å². The molecule has 0 aromatic heterocycles. The summed E-state index contributed by atoms with van der Waals surface area (Å²) in [6.45, 7) is 2.67. The van der Waals surface area contributed by atoms with Gasteiger partial charge < -0.3 is 19.9 Å². The lowest BCUT2D eigenvalue weighted by Gasteiger charge is -2.13. The third kappa shape index (κ3) is 2.73. The van der Waals surface area contributed by atoms with E-state index >= 15 is 0 Å². The minimum atomic E-state index is -0.315. The molecule has 0 fully saturated rings. The zero-order valence-corrected chi connectivity index (χ0v) is 10.3. The molecule has 0 bridgehead atoms. The summed E-state index contributed by atoms with van der Waals surface area (Å²) in [5.74, 6) is 0.884. The van der Waals surface area contributed by atoms with Crippen molar-refractivity contribution in [2.45, 2.75) is 13.3 Å². The Morgan fingerprint density at radius 1 is 1.44 bits per heavy atom. The molecule has 0 aliphatic carbocycles. The molecule has 18 heavy (non-hydrogen) atoms. The van der Waals surface area contributed by atoms with E-state index in [9.17, 15) is 4.79 Å². The molecule has 0 saturated heterocycles. The molecule has 1 aliphatic rings. The van der Waals surface area contributed by atoms with Gasteiger partial charge in [0.2, 0.25) is 6.79 Å². The number of nitrogens with two attached hydrogens (primary N) is 1. The highest BCUT2D eigenvalue weighted by Crippen LogP contribution is 2.33. The number of carbonyl (C=O) groups is 1. The van der Waals surface area contributed by atoms with E-state index in [0.717, 1.165) is 11.3 Å². The number of hydrogen-bond acceptors (Lipinski definition) is 5. The second-order valence-corrected chi connectivity index (χ2v) is 4.08. The monoisotopic (exact) mass is 251 g/mol. The lowest BCUT2D eigenvalue weighted by Crippen LogP contribution is -2.27. The number of ether oxygens (including phenoxy) is 3. The molecule has 1 atom stereocenters. The van der Waals surface area contributed by atoms with Crippen molar-refractivity contribution in [1.29, 1.82) is 0 Å². The number of esters is 1. The van der Waals surface area contributed by atoms with E-state index in [2.05, 4.69) is 0 Å². The average Bonchev–Trinajstić information content (AvgIpc) is 2.83. The fourth-order valence-corrected chi connectivity index (χ4v) is 1.88. The van der Waals surface area contributed by atoms with Gasteiger partial charge in [-0.1, -0.05) is 6.07 Å². The van der Waals surface area contributed by atoms with Crippen molar-refractivity contribution in [3.8, 4) is 11.5 Å². The van der Waals surface area contributed by atoms with Crippen LogP contribution in [-0.2, 0) is 16.0 Å². The third-order valence-corrected chi connectivity index (χ3v) is 2.82. The van der Waals surface area contributed by atoms with Crippen LogP contribution < -0.4 is 15.2 Å². The standard InChI is InChI=1S/C13H17NO4/c1-2-16-13(15)10(7-14)5-9-3-4-11-12(6-9)18-8-17-11/h3-4,6,10H,2,5,7-8,14H2,1H3. The average molecular weight is 251 g/mol. The molecule has 0 saturated carbocycles. The summed E-state index contributed by atoms with van der Waals surface area (Å²) in [5, 5.41) is 0. The van der Waals surface area contributed by atoms with Crippen LogP contribution in [0, 0.1) is 5.92 Å². The Labute approximate surface area is 106 Å². The van der Waals surface area contributed by atoms with Crippen molar-refractivity contribution in [1.82, 2.24) is 0 Å². The van der Waals surface area contributed by atoms with Gasteiger partial charge in [-0.05, 0) is 31.0 Å². The zero-order valence-electron chi connectivity index (χ0n) is 10.3. The predicted molar refractivity (Wildman–Crippen MR) is 65.4 cm³/mol. The highest BCUT2D eigenvalue weighted by Gasteiger charge is 2.20. The van der Waals surface area contributed by atoms with Gasteiger partial charge >= 0.3 is 5.97 Å². The van der Waals surface area contributed by atoms with Gasteiger partial charge in [-0.15, -0.1) is 0 Å². The Morgan fingerprint density at radius 3 is 2.94 bits per heavy atom. The maximum atomic E-state index is 11.7. The summed E-state index contributed by atoms with van der Waals surface area (Å²) in [5.41, 5.74) is 6.60. The molecule has 5 heteroatoms. The van der Waals surface area contributed by atoms with Crippen LogP contribution in [0.15, 0.2) is 18.2 Å². The quantitative estimate of drug-likeness (QED) is 0.793. The van der Waals surface area contributed by atoms with Crippen molar-refractivity contribution < 1.29 is 19.0 Å². The van der Waals surface area contributed by atoms with Gasteiger partial charge in [0, 0.05) is 6.54 Å². The van der Waals surface area contributed by atoms with Crippen LogP contribution in [0.4, 0.5) is 0 Å². The normalized spacial score (nSPS) is 14.3. The first kappa shape index (κ1) is 12.7. The molecule has 1 heterocycles. The number of carbonyl (C=O) groups excluding carboxylic acids is 1. The van der Waals surface area contributed by atoms with Gasteiger partial charge in [-0.25, -0.2) is 0 Å². The Balaban J connectivity index is 2.05. The SMILES string of the molecule is CCOC(=O)C(CN)Cc1ccc2c(c1)OCO2. The summed E-state index contributed by atoms with van der Waals surface area (Å²) in [4.78, 5) is 11.7. The van der Waals surface area contributed by atoms with Crippen LogP contribution in [0.2, 0.25) is 0 Å². The molecule has 98 valence electrons. The smallest absolute Gasteiger partial charge is 0.310 e. The van der Waals surface area contributed by atoms with Crippen LogP contribution >= 0.6 is 0 Å². The molecule has 1 aliphatic heterocycles. The maximum absolute atomic E-state index is 11.7. The number of fused-ring (bicyclic) bond motifs is 1. The van der Waals surface area contributed by atoms with Gasteiger partial charge in [-0.3, -0.25) is 4.79 Å². The Morgan fingerprint density at radius 2 is 2.22 bits per heavy atom. The fourth-order valence-electron chi connectivity index (χ4n) is 1.88. The van der Waals surface area contributed by atoms with Crippen molar-refractivity contribution in [3.63, 3.8) is 0 Å². The highest BCUT2D eigenvalue weighted by atomic mass is 16.7. The number of hydrogen-bond donors (Lipinski definition) is 1. The van der Waals surface area contributed by atoms with Crippen molar-refractivity contribution in [2.24, 2.45) is 11.7 Å². The molecular weight excluding hydrogens is 234 g/mol. The van der Waals surface area contributed by atoms with Crippen molar-refractivity contribution in [2.75, 3.05) is 19.9 Å². The number of rotatable bonds is 5. The molecule has 5 nitrogen and oxygen atoms in total. The van der Waals surface area contributed by atoms with E-state index in [-0.39, 0.29) is 25.2 Å². The predicted octanol–water partition coefficient (Wildman–Crippen LogP) is 1.10. The number of benzene rings is 1. The van der Waals surface area contributed by atoms with E-state index < -0.39 is 0 Å². The van der Waals surface area contributed by atoms with E-state index in [4.69, 9.17) is 19.9 Å². The van der Waals surface area contributed by atoms with Crippen molar-refractivity contribution >= 4 is 5.97 Å². The first-order valence-electron chi connectivity index (χ1n) is 5.99. The first-order chi connectivity index (χ1) is 8.74. The zero-order chi connectivity index (χ0) is 13.0. The van der Waals surface area contributed by atoms with Crippen LogP contribution in [0.3, 0.4) is 0 Å². The van der Waals surface area contributed by atoms with Gasteiger partial charge in [0.15, 0.2) is 11.5 Å². The third-order valence-electron chi connectivity index (χ3n) is 2.82.